The fourth-order valence-electron chi connectivity index (χ4n) is 1.87. The number of benzene rings is 2. The van der Waals surface area contributed by atoms with Gasteiger partial charge in [-0.15, -0.1) is 0 Å². The van der Waals surface area contributed by atoms with Gasteiger partial charge in [0, 0.05) is 16.1 Å². The van der Waals surface area contributed by atoms with Gasteiger partial charge in [-0.3, -0.25) is 4.79 Å². The average molecular weight is 291 g/mol. The van der Waals surface area contributed by atoms with Gasteiger partial charge in [-0.05, 0) is 29.8 Å². The number of carbonyl (C=O) groups is 1. The van der Waals surface area contributed by atoms with Gasteiger partial charge in [0.15, 0.2) is 0 Å². The lowest BCUT2D eigenvalue weighted by Crippen LogP contribution is -1.99. The Bertz CT molecular complexity index is 596. The van der Waals surface area contributed by atoms with Crippen LogP contribution in [-0.2, 0) is 18.0 Å². The van der Waals surface area contributed by atoms with Crippen LogP contribution in [0.5, 0.6) is 5.75 Å². The summed E-state index contributed by atoms with van der Waals surface area (Å²) in [5.41, 5.74) is 2.37. The van der Waals surface area contributed by atoms with Gasteiger partial charge in [0.2, 0.25) is 0 Å². The minimum atomic E-state index is 0.357. The number of methoxy groups -OCH3 is 1. The minimum absolute atomic E-state index is 0.357. The number of hydrogen-bond donors (Lipinski definition) is 0. The monoisotopic (exact) mass is 290 g/mol. The topological polar surface area (TPSA) is 35.5 Å². The van der Waals surface area contributed by atoms with Crippen LogP contribution in [-0.4, -0.2) is 13.4 Å². The van der Waals surface area contributed by atoms with Gasteiger partial charge in [0.1, 0.15) is 12.0 Å². The first kappa shape index (κ1) is 14.6. The van der Waals surface area contributed by atoms with E-state index in [1.807, 2.05) is 24.3 Å². The van der Waals surface area contributed by atoms with Crippen LogP contribution in [0, 0.1) is 0 Å². The molecule has 0 radical (unpaired) electrons. The lowest BCUT2D eigenvalue weighted by molar-refractivity contribution is 0.105. The van der Waals surface area contributed by atoms with Crippen LogP contribution in [0.1, 0.15) is 21.5 Å². The molecule has 0 aliphatic heterocycles. The number of carbonyl (C=O) groups excluding carboxylic acids is 1. The quantitative estimate of drug-likeness (QED) is 0.758. The van der Waals surface area contributed by atoms with Crippen molar-refractivity contribution in [1.29, 1.82) is 0 Å². The Balaban J connectivity index is 2.03. The lowest BCUT2D eigenvalue weighted by atomic mass is 10.1. The Hall–Kier alpha value is -1.84. The van der Waals surface area contributed by atoms with Gasteiger partial charge < -0.3 is 9.47 Å². The molecule has 0 fully saturated rings. The van der Waals surface area contributed by atoms with E-state index in [2.05, 4.69) is 0 Å². The van der Waals surface area contributed by atoms with Crippen molar-refractivity contribution < 1.29 is 14.3 Å². The second kappa shape index (κ2) is 7.08. The highest BCUT2D eigenvalue weighted by molar-refractivity contribution is 6.31. The molecule has 0 unspecified atom stereocenters. The first-order chi connectivity index (χ1) is 9.74. The zero-order valence-corrected chi connectivity index (χ0v) is 11.9. The molecule has 0 N–H and O–H groups in total. The maximum absolute atomic E-state index is 10.8. The fourth-order valence-corrected chi connectivity index (χ4v) is 2.06. The number of rotatable bonds is 6. The van der Waals surface area contributed by atoms with Crippen molar-refractivity contribution in [3.63, 3.8) is 0 Å². The zero-order chi connectivity index (χ0) is 14.4. The molecule has 0 spiro atoms. The van der Waals surface area contributed by atoms with Crippen LogP contribution in [0.2, 0.25) is 5.02 Å². The predicted molar refractivity (Wildman–Crippen MR) is 78.3 cm³/mol. The third-order valence-electron chi connectivity index (χ3n) is 2.91. The molecule has 2 aromatic rings. The molecular formula is C16H15ClO3. The van der Waals surface area contributed by atoms with E-state index in [0.717, 1.165) is 17.4 Å². The first-order valence-electron chi connectivity index (χ1n) is 6.18. The Morgan fingerprint density at radius 3 is 2.55 bits per heavy atom. The second-order valence-electron chi connectivity index (χ2n) is 4.27. The molecule has 2 aromatic carbocycles. The first-order valence-corrected chi connectivity index (χ1v) is 6.55. The predicted octanol–water partition coefficient (Wildman–Crippen LogP) is 3.88. The highest BCUT2D eigenvalue weighted by Crippen LogP contribution is 2.22. The molecule has 0 bridgehead atoms. The number of halogens is 1. The van der Waals surface area contributed by atoms with E-state index in [0.29, 0.717) is 29.5 Å². The van der Waals surface area contributed by atoms with E-state index >= 15 is 0 Å². The summed E-state index contributed by atoms with van der Waals surface area (Å²) < 4.78 is 10.9. The van der Waals surface area contributed by atoms with Crippen LogP contribution in [0.25, 0.3) is 0 Å². The number of hydrogen-bond acceptors (Lipinski definition) is 3. The summed E-state index contributed by atoms with van der Waals surface area (Å²) in [6.07, 6.45) is 0.803. The fraction of sp³-hybridized carbons (Fsp3) is 0.188. The highest BCUT2D eigenvalue weighted by Gasteiger charge is 2.06. The summed E-state index contributed by atoms with van der Waals surface area (Å²) in [4.78, 5) is 10.8. The van der Waals surface area contributed by atoms with Crippen molar-refractivity contribution >= 4 is 17.9 Å². The van der Waals surface area contributed by atoms with E-state index in [4.69, 9.17) is 21.1 Å². The number of ether oxygens (including phenoxy) is 2. The molecule has 3 nitrogen and oxygen atoms in total. The van der Waals surface area contributed by atoms with Crippen molar-refractivity contribution in [2.75, 3.05) is 7.11 Å². The normalized spacial score (nSPS) is 10.3. The Morgan fingerprint density at radius 1 is 1.10 bits per heavy atom. The van der Waals surface area contributed by atoms with Gasteiger partial charge in [-0.1, -0.05) is 29.8 Å². The Morgan fingerprint density at radius 2 is 1.85 bits per heavy atom. The molecule has 0 amide bonds. The molecule has 20 heavy (non-hydrogen) atoms. The molecule has 0 aliphatic carbocycles. The molecule has 0 aliphatic rings. The Kier molecular flexibility index (Phi) is 5.16. The van der Waals surface area contributed by atoms with Crippen LogP contribution in [0.15, 0.2) is 42.5 Å². The smallest absolute Gasteiger partial charge is 0.150 e. The highest BCUT2D eigenvalue weighted by atomic mass is 35.5. The van der Waals surface area contributed by atoms with Gasteiger partial charge >= 0.3 is 0 Å². The molecule has 4 heteroatoms. The molecule has 0 saturated heterocycles. The maximum Gasteiger partial charge on any atom is 0.150 e. The van der Waals surface area contributed by atoms with Crippen molar-refractivity contribution in [2.24, 2.45) is 0 Å². The summed E-state index contributed by atoms with van der Waals surface area (Å²) in [6.45, 7) is 0.768. The van der Waals surface area contributed by atoms with Crippen molar-refractivity contribution in [3.05, 3.63) is 64.2 Å². The molecule has 2 rings (SSSR count). The third-order valence-corrected chi connectivity index (χ3v) is 3.28. The summed E-state index contributed by atoms with van der Waals surface area (Å²) in [6, 6.07) is 12.8. The van der Waals surface area contributed by atoms with Gasteiger partial charge in [0.25, 0.3) is 0 Å². The average Bonchev–Trinajstić information content (AvgIpc) is 2.49. The summed E-state index contributed by atoms with van der Waals surface area (Å²) >= 11 is 6.06. The van der Waals surface area contributed by atoms with E-state index in [1.165, 1.54) is 0 Å². The summed E-state index contributed by atoms with van der Waals surface area (Å²) in [5.74, 6) is 0.703. The zero-order valence-electron chi connectivity index (χ0n) is 11.1. The van der Waals surface area contributed by atoms with Crippen molar-refractivity contribution in [1.82, 2.24) is 0 Å². The molecule has 0 atom stereocenters. The van der Waals surface area contributed by atoms with Crippen LogP contribution in [0.4, 0.5) is 0 Å². The molecule has 0 heterocycles. The van der Waals surface area contributed by atoms with Crippen molar-refractivity contribution in [2.45, 2.75) is 13.2 Å². The summed E-state index contributed by atoms with van der Waals surface area (Å²) in [7, 11) is 1.59. The van der Waals surface area contributed by atoms with Crippen molar-refractivity contribution in [3.8, 4) is 5.75 Å². The van der Waals surface area contributed by atoms with Gasteiger partial charge in [-0.25, -0.2) is 0 Å². The number of aldehydes is 1. The van der Waals surface area contributed by atoms with Crippen LogP contribution in [0.3, 0.4) is 0 Å². The minimum Gasteiger partial charge on any atom is -0.496 e. The van der Waals surface area contributed by atoms with Crippen LogP contribution < -0.4 is 4.74 Å². The van der Waals surface area contributed by atoms with E-state index in [1.54, 1.807) is 25.3 Å². The molecule has 0 aromatic heterocycles. The SMILES string of the molecule is COc1ccc(C=O)cc1COCc1ccccc1Cl. The third kappa shape index (κ3) is 3.59. The lowest BCUT2D eigenvalue weighted by Gasteiger charge is -2.10. The van der Waals surface area contributed by atoms with E-state index in [9.17, 15) is 4.79 Å². The van der Waals surface area contributed by atoms with Crippen LogP contribution >= 0.6 is 11.6 Å². The second-order valence-corrected chi connectivity index (χ2v) is 4.68. The van der Waals surface area contributed by atoms with Gasteiger partial charge in [-0.2, -0.15) is 0 Å². The molecule has 0 saturated carbocycles. The van der Waals surface area contributed by atoms with E-state index in [-0.39, 0.29) is 0 Å². The maximum atomic E-state index is 10.8. The van der Waals surface area contributed by atoms with Gasteiger partial charge in [0.05, 0.1) is 20.3 Å². The largest absolute Gasteiger partial charge is 0.496 e. The Labute approximate surface area is 123 Å². The molecule has 104 valence electrons. The molecular weight excluding hydrogens is 276 g/mol. The standard InChI is InChI=1S/C16H15ClO3/c1-19-16-7-6-12(9-18)8-14(16)11-20-10-13-4-2-3-5-15(13)17/h2-9H,10-11H2,1H3. The van der Waals surface area contributed by atoms with E-state index < -0.39 is 0 Å². The summed E-state index contributed by atoms with van der Waals surface area (Å²) in [5, 5.41) is 0.682.